The van der Waals surface area contributed by atoms with Crippen LogP contribution in [0.15, 0.2) is 26.7 Å². The normalized spacial score (nSPS) is 13.2. The number of hydrogen-bond donors (Lipinski definition) is 3. The fraction of sp³-hybridized carbons (Fsp3) is 0.545. The summed E-state index contributed by atoms with van der Waals surface area (Å²) in [5.41, 5.74) is 0. The predicted octanol–water partition coefficient (Wildman–Crippen LogP) is 1.14. The van der Waals surface area contributed by atoms with E-state index in [1.165, 1.54) is 13.1 Å². The van der Waals surface area contributed by atoms with Crippen LogP contribution in [-0.4, -0.2) is 47.2 Å². The molecule has 0 saturated heterocycles. The minimum atomic E-state index is -4.23. The Bertz CT molecular complexity index is 571. The number of thiophene rings is 1. The van der Waals surface area contributed by atoms with E-state index in [2.05, 4.69) is 20.3 Å². The molecule has 0 unspecified atom stereocenters. The Morgan fingerprint density at radius 1 is 1.27 bits per heavy atom. The minimum absolute atomic E-state index is 0.0835. The van der Waals surface area contributed by atoms with E-state index in [1.54, 1.807) is 11.4 Å². The molecule has 3 N–H and O–H groups in total. The smallest absolute Gasteiger partial charge is 0.356 e. The first kappa shape index (κ1) is 18.7. The van der Waals surface area contributed by atoms with Crippen LogP contribution in [0.3, 0.4) is 0 Å². The molecule has 1 aromatic rings. The summed E-state index contributed by atoms with van der Waals surface area (Å²) in [6.45, 7) is -0.0272. The monoisotopic (exact) mass is 358 g/mol. The van der Waals surface area contributed by atoms with Crippen LogP contribution in [0.1, 0.15) is 6.42 Å². The highest BCUT2D eigenvalue weighted by Gasteiger charge is 2.26. The second-order valence-electron chi connectivity index (χ2n) is 4.12. The van der Waals surface area contributed by atoms with Crippen LogP contribution >= 0.6 is 11.3 Å². The Kier molecular flexibility index (Phi) is 7.10. The van der Waals surface area contributed by atoms with Crippen molar-refractivity contribution in [2.24, 2.45) is 4.99 Å². The molecule has 11 heteroatoms. The highest BCUT2D eigenvalue weighted by atomic mass is 32.2. The molecule has 1 heterocycles. The standard InChI is InChI=1S/C11H17F3N4O2S2/c1-15-10(16-5-4-11(12,13)14)17-6-7-18-22(19,20)9-3-2-8-21-9/h2-3,8,18H,4-7H2,1H3,(H2,15,16,17). The van der Waals surface area contributed by atoms with E-state index < -0.39 is 22.6 Å². The number of aliphatic imine (C=N–C) groups is 1. The second kappa shape index (κ2) is 8.34. The molecule has 0 saturated carbocycles. The van der Waals surface area contributed by atoms with Gasteiger partial charge in [-0.05, 0) is 11.4 Å². The van der Waals surface area contributed by atoms with Crippen molar-refractivity contribution in [3.05, 3.63) is 17.5 Å². The van der Waals surface area contributed by atoms with Gasteiger partial charge in [0.1, 0.15) is 4.21 Å². The van der Waals surface area contributed by atoms with E-state index in [9.17, 15) is 21.6 Å². The Balaban J connectivity index is 2.28. The first-order valence-electron chi connectivity index (χ1n) is 6.29. The lowest BCUT2D eigenvalue weighted by Crippen LogP contribution is -2.42. The maximum absolute atomic E-state index is 12.0. The molecule has 0 aliphatic rings. The Morgan fingerprint density at radius 3 is 2.50 bits per heavy atom. The van der Waals surface area contributed by atoms with Crippen LogP contribution in [0.2, 0.25) is 0 Å². The number of hydrogen-bond acceptors (Lipinski definition) is 4. The minimum Gasteiger partial charge on any atom is -0.356 e. The van der Waals surface area contributed by atoms with Crippen molar-refractivity contribution >= 4 is 27.3 Å². The Hall–Kier alpha value is -1.33. The second-order valence-corrected chi connectivity index (χ2v) is 7.06. The van der Waals surface area contributed by atoms with Gasteiger partial charge in [0.15, 0.2) is 5.96 Å². The van der Waals surface area contributed by atoms with Crippen LogP contribution in [0.5, 0.6) is 0 Å². The summed E-state index contributed by atoms with van der Waals surface area (Å²) in [7, 11) is -2.12. The fourth-order valence-corrected chi connectivity index (χ4v) is 3.47. The van der Waals surface area contributed by atoms with Gasteiger partial charge in [0.05, 0.1) is 6.42 Å². The van der Waals surface area contributed by atoms with E-state index in [1.807, 2.05) is 0 Å². The van der Waals surface area contributed by atoms with Gasteiger partial charge in [0.2, 0.25) is 10.0 Å². The van der Waals surface area contributed by atoms with Crippen molar-refractivity contribution in [3.8, 4) is 0 Å². The van der Waals surface area contributed by atoms with E-state index in [0.29, 0.717) is 0 Å². The predicted molar refractivity (Wildman–Crippen MR) is 79.5 cm³/mol. The first-order chi connectivity index (χ1) is 10.2. The molecule has 0 radical (unpaired) electrons. The highest BCUT2D eigenvalue weighted by Crippen LogP contribution is 2.18. The third-order valence-electron chi connectivity index (χ3n) is 2.39. The van der Waals surface area contributed by atoms with E-state index in [4.69, 9.17) is 0 Å². The topological polar surface area (TPSA) is 82.6 Å². The van der Waals surface area contributed by atoms with Gasteiger partial charge in [0, 0.05) is 26.7 Å². The van der Waals surface area contributed by atoms with Gasteiger partial charge in [-0.3, -0.25) is 4.99 Å². The lowest BCUT2D eigenvalue weighted by molar-refractivity contribution is -0.132. The number of sulfonamides is 1. The maximum Gasteiger partial charge on any atom is 0.390 e. The van der Waals surface area contributed by atoms with Crippen molar-refractivity contribution in [2.45, 2.75) is 16.8 Å². The Morgan fingerprint density at radius 2 is 1.95 bits per heavy atom. The zero-order chi connectivity index (χ0) is 16.6. The van der Waals surface area contributed by atoms with Crippen LogP contribution in [-0.2, 0) is 10.0 Å². The third kappa shape index (κ3) is 7.09. The molecule has 126 valence electrons. The number of halogens is 3. The van der Waals surface area contributed by atoms with Gasteiger partial charge >= 0.3 is 6.18 Å². The number of alkyl halides is 3. The molecule has 0 fully saturated rings. The number of guanidine groups is 1. The van der Waals surface area contributed by atoms with Crippen LogP contribution in [0.4, 0.5) is 13.2 Å². The molecule has 0 spiro atoms. The van der Waals surface area contributed by atoms with Crippen molar-refractivity contribution < 1.29 is 21.6 Å². The lowest BCUT2D eigenvalue weighted by Gasteiger charge is -2.13. The van der Waals surface area contributed by atoms with Gasteiger partial charge < -0.3 is 10.6 Å². The van der Waals surface area contributed by atoms with E-state index >= 15 is 0 Å². The van der Waals surface area contributed by atoms with Crippen molar-refractivity contribution in [1.29, 1.82) is 0 Å². The molecule has 1 rings (SSSR count). The van der Waals surface area contributed by atoms with Gasteiger partial charge in [0.25, 0.3) is 0 Å². The molecule has 0 atom stereocenters. The molecule has 6 nitrogen and oxygen atoms in total. The van der Waals surface area contributed by atoms with Crippen molar-refractivity contribution in [1.82, 2.24) is 15.4 Å². The average Bonchev–Trinajstić information content (AvgIpc) is 2.95. The maximum atomic E-state index is 12.0. The summed E-state index contributed by atoms with van der Waals surface area (Å²) in [6.07, 6.45) is -5.21. The summed E-state index contributed by atoms with van der Waals surface area (Å²) in [5, 5.41) is 6.87. The molecule has 0 aromatic carbocycles. The van der Waals surface area contributed by atoms with Crippen molar-refractivity contribution in [3.63, 3.8) is 0 Å². The molecule has 0 amide bonds. The molecule has 0 aliphatic heterocycles. The third-order valence-corrected chi connectivity index (χ3v) is 5.25. The first-order valence-corrected chi connectivity index (χ1v) is 8.65. The zero-order valence-corrected chi connectivity index (χ0v) is 13.4. The molecule has 0 aliphatic carbocycles. The summed E-state index contributed by atoms with van der Waals surface area (Å²) in [5.74, 6) is 0.180. The quantitative estimate of drug-likeness (QED) is 0.388. The van der Waals surface area contributed by atoms with Crippen LogP contribution in [0.25, 0.3) is 0 Å². The molecular weight excluding hydrogens is 341 g/mol. The zero-order valence-electron chi connectivity index (χ0n) is 11.8. The summed E-state index contributed by atoms with van der Waals surface area (Å²) < 4.78 is 62.2. The van der Waals surface area contributed by atoms with E-state index in [-0.39, 0.29) is 29.8 Å². The van der Waals surface area contributed by atoms with Gasteiger partial charge in [-0.15, -0.1) is 11.3 Å². The number of rotatable bonds is 7. The number of nitrogens with one attached hydrogen (secondary N) is 3. The average molecular weight is 358 g/mol. The molecule has 22 heavy (non-hydrogen) atoms. The SMILES string of the molecule is CN=C(NCCNS(=O)(=O)c1cccs1)NCCC(F)(F)F. The molecule has 0 bridgehead atoms. The lowest BCUT2D eigenvalue weighted by atomic mass is 10.4. The molecular formula is C11H17F3N4O2S2. The van der Waals surface area contributed by atoms with Gasteiger partial charge in [-0.1, -0.05) is 6.07 Å². The van der Waals surface area contributed by atoms with E-state index in [0.717, 1.165) is 11.3 Å². The largest absolute Gasteiger partial charge is 0.390 e. The van der Waals surface area contributed by atoms with Gasteiger partial charge in [-0.2, -0.15) is 13.2 Å². The Labute approximate surface area is 130 Å². The summed E-state index contributed by atoms with van der Waals surface area (Å²) >= 11 is 1.10. The number of nitrogens with zero attached hydrogens (tertiary/aromatic N) is 1. The summed E-state index contributed by atoms with van der Waals surface area (Å²) in [4.78, 5) is 3.74. The van der Waals surface area contributed by atoms with Gasteiger partial charge in [-0.25, -0.2) is 13.1 Å². The van der Waals surface area contributed by atoms with Crippen LogP contribution in [0, 0.1) is 0 Å². The van der Waals surface area contributed by atoms with Crippen LogP contribution < -0.4 is 15.4 Å². The fourth-order valence-electron chi connectivity index (χ4n) is 1.40. The highest BCUT2D eigenvalue weighted by molar-refractivity contribution is 7.91. The summed E-state index contributed by atoms with van der Waals surface area (Å²) in [6, 6.07) is 3.11. The molecule has 1 aromatic heterocycles. The van der Waals surface area contributed by atoms with Crippen molar-refractivity contribution in [2.75, 3.05) is 26.7 Å².